The Hall–Kier alpha value is -0.720. The summed E-state index contributed by atoms with van der Waals surface area (Å²) in [4.78, 5) is 8.56. The van der Waals surface area contributed by atoms with Crippen molar-refractivity contribution < 1.29 is 23.4 Å². The number of ether oxygens (including phenoxy) is 1. The zero-order chi connectivity index (χ0) is 9.78. The van der Waals surface area contributed by atoms with Crippen LogP contribution < -0.4 is 0 Å². The van der Waals surface area contributed by atoms with Crippen LogP contribution in [0.5, 0.6) is 0 Å². The summed E-state index contributed by atoms with van der Waals surface area (Å²) in [5.74, 6) is -0.694. The van der Waals surface area contributed by atoms with Crippen molar-refractivity contribution in [2.24, 2.45) is 0 Å². The number of rotatable bonds is 3. The van der Waals surface area contributed by atoms with E-state index in [4.69, 9.17) is 9.66 Å². The molecule has 0 spiro atoms. The number of carbonyl (C=O) groups is 1. The molecule has 0 aliphatic rings. The zero-order valence-electron chi connectivity index (χ0n) is 6.68. The van der Waals surface area contributed by atoms with Gasteiger partial charge in [0.1, 0.15) is 0 Å². The van der Waals surface area contributed by atoms with Gasteiger partial charge in [0, 0.05) is 6.08 Å². The molecule has 0 heterocycles. The van der Waals surface area contributed by atoms with Gasteiger partial charge in [0.15, 0.2) is 16.0 Å². The molecule has 0 rings (SSSR count). The summed E-state index contributed by atoms with van der Waals surface area (Å²) in [6.07, 6.45) is 1.78. The lowest BCUT2D eigenvalue weighted by Crippen LogP contribution is -2.27. The molecule has 0 aliphatic heterocycles. The lowest BCUT2D eigenvalue weighted by atomic mass is 10.3. The molecule has 2 atom stereocenters. The van der Waals surface area contributed by atoms with Gasteiger partial charge in [0.05, 0.1) is 7.11 Å². The minimum absolute atomic E-state index is 0.694. The molecule has 5 nitrogen and oxygen atoms in total. The van der Waals surface area contributed by atoms with Crippen molar-refractivity contribution in [1.29, 1.82) is 0 Å². The lowest BCUT2D eigenvalue weighted by molar-refractivity contribution is -0.134. The van der Waals surface area contributed by atoms with Crippen LogP contribution in [0.15, 0.2) is 12.2 Å². The van der Waals surface area contributed by atoms with E-state index in [1.807, 2.05) is 0 Å². The van der Waals surface area contributed by atoms with Gasteiger partial charge in [-0.1, -0.05) is 0 Å². The van der Waals surface area contributed by atoms with Crippen molar-refractivity contribution in [2.45, 2.75) is 11.9 Å². The first-order valence-corrected chi connectivity index (χ1v) is 4.11. The largest absolute Gasteiger partial charge is 0.466 e. The Morgan fingerprint density at radius 1 is 1.67 bits per heavy atom. The second-order valence-corrected chi connectivity index (χ2v) is 3.49. The molecule has 12 heavy (non-hydrogen) atoms. The maximum Gasteiger partial charge on any atom is 0.330 e. The zero-order valence-corrected chi connectivity index (χ0v) is 7.50. The van der Waals surface area contributed by atoms with Crippen molar-refractivity contribution in [3.8, 4) is 0 Å². The first-order chi connectivity index (χ1) is 5.40. The van der Waals surface area contributed by atoms with Crippen LogP contribution >= 0.6 is 0 Å². The van der Waals surface area contributed by atoms with E-state index < -0.39 is 22.0 Å². The smallest absolute Gasteiger partial charge is 0.330 e. The fraction of sp³-hybridized carbons (Fsp3) is 0.500. The number of hydrogen-bond donors (Lipinski definition) is 2. The van der Waals surface area contributed by atoms with Crippen LogP contribution in [-0.4, -0.2) is 31.9 Å². The number of esters is 1. The second kappa shape index (κ2) is 4.34. The Kier molecular flexibility index (Phi) is 4.08. The van der Waals surface area contributed by atoms with Crippen LogP contribution in [0.4, 0.5) is 0 Å². The fourth-order valence-electron chi connectivity index (χ4n) is 0.349. The Labute approximate surface area is 72.3 Å². The summed E-state index contributed by atoms with van der Waals surface area (Å²) in [6, 6.07) is 0. The van der Waals surface area contributed by atoms with Crippen molar-refractivity contribution >= 4 is 17.0 Å². The monoisotopic (exact) mass is 194 g/mol. The van der Waals surface area contributed by atoms with Gasteiger partial charge in [-0.2, -0.15) is 0 Å². The Balaban J connectivity index is 4.33. The van der Waals surface area contributed by atoms with Crippen molar-refractivity contribution in [3.05, 3.63) is 12.2 Å². The van der Waals surface area contributed by atoms with Gasteiger partial charge in [0.25, 0.3) is 0 Å². The van der Waals surface area contributed by atoms with Crippen molar-refractivity contribution in [3.63, 3.8) is 0 Å². The molecule has 0 radical (unpaired) electrons. The van der Waals surface area contributed by atoms with E-state index in [1.165, 1.54) is 0 Å². The maximum atomic E-state index is 10.5. The van der Waals surface area contributed by atoms with Crippen molar-refractivity contribution in [1.82, 2.24) is 0 Å². The molecule has 0 bridgehead atoms. The summed E-state index contributed by atoms with van der Waals surface area (Å²) in [7, 11) is 1.16. The number of aliphatic hydroxyl groups is 1. The number of hydrogen-bond acceptors (Lipinski definition) is 4. The molecular weight excluding hydrogens is 184 g/mol. The molecule has 0 aromatic carbocycles. The molecule has 0 fully saturated rings. The molecule has 0 amide bonds. The SMILES string of the molecule is COC(=O)/C=C/C(C)(O)S(=O)O. The minimum Gasteiger partial charge on any atom is -0.466 e. The van der Waals surface area contributed by atoms with E-state index >= 15 is 0 Å². The molecule has 0 saturated heterocycles. The van der Waals surface area contributed by atoms with Gasteiger partial charge in [-0.25, -0.2) is 9.00 Å². The van der Waals surface area contributed by atoms with Crippen LogP contribution in [0.2, 0.25) is 0 Å². The maximum absolute atomic E-state index is 10.5. The van der Waals surface area contributed by atoms with Gasteiger partial charge in [-0.15, -0.1) is 0 Å². The second-order valence-electron chi connectivity index (χ2n) is 2.16. The van der Waals surface area contributed by atoms with Gasteiger partial charge in [-0.05, 0) is 13.0 Å². The van der Waals surface area contributed by atoms with Gasteiger partial charge < -0.3 is 14.4 Å². The molecule has 0 saturated carbocycles. The van der Waals surface area contributed by atoms with E-state index in [2.05, 4.69) is 4.74 Å². The molecule has 0 aromatic rings. The first kappa shape index (κ1) is 11.3. The molecule has 2 unspecified atom stereocenters. The predicted octanol–water partition coefficient (Wildman–Crippen LogP) is -0.354. The first-order valence-electron chi connectivity index (χ1n) is 3.00. The lowest BCUT2D eigenvalue weighted by Gasteiger charge is -2.12. The Morgan fingerprint density at radius 2 is 2.17 bits per heavy atom. The number of methoxy groups -OCH3 is 1. The Bertz CT molecular complexity index is 220. The average molecular weight is 194 g/mol. The highest BCUT2D eigenvalue weighted by Gasteiger charge is 2.23. The normalized spacial score (nSPS) is 18.7. The van der Waals surface area contributed by atoms with Gasteiger partial charge >= 0.3 is 5.97 Å². The molecule has 6 heteroatoms. The molecule has 70 valence electrons. The van der Waals surface area contributed by atoms with Gasteiger partial charge in [0.2, 0.25) is 0 Å². The van der Waals surface area contributed by atoms with Crippen molar-refractivity contribution in [2.75, 3.05) is 7.11 Å². The summed E-state index contributed by atoms with van der Waals surface area (Å²) in [5, 5.41) is 9.09. The third kappa shape index (κ3) is 3.61. The van der Waals surface area contributed by atoms with E-state index in [1.54, 1.807) is 0 Å². The standard InChI is InChI=1S/C6H10O5S/c1-6(8,12(9)10)4-3-5(7)11-2/h3-4,8H,1-2H3,(H,9,10)/b4-3+. The van der Waals surface area contributed by atoms with E-state index in [-0.39, 0.29) is 0 Å². The summed E-state index contributed by atoms with van der Waals surface area (Å²) in [6.45, 7) is 1.10. The van der Waals surface area contributed by atoms with Crippen LogP contribution in [0.1, 0.15) is 6.92 Å². The highest BCUT2D eigenvalue weighted by Crippen LogP contribution is 2.08. The topological polar surface area (TPSA) is 83.8 Å². The third-order valence-corrected chi connectivity index (χ3v) is 1.93. The van der Waals surface area contributed by atoms with Gasteiger partial charge in [-0.3, -0.25) is 0 Å². The summed E-state index contributed by atoms with van der Waals surface area (Å²) < 4.78 is 23.1. The summed E-state index contributed by atoms with van der Waals surface area (Å²) in [5.41, 5.74) is 0. The van der Waals surface area contributed by atoms with Crippen LogP contribution in [0.3, 0.4) is 0 Å². The summed E-state index contributed by atoms with van der Waals surface area (Å²) >= 11 is -2.43. The van der Waals surface area contributed by atoms with E-state index in [0.29, 0.717) is 0 Å². The average Bonchev–Trinajstić information content (AvgIpc) is 2.00. The van der Waals surface area contributed by atoms with Crippen LogP contribution in [0.25, 0.3) is 0 Å². The Morgan fingerprint density at radius 3 is 2.50 bits per heavy atom. The highest BCUT2D eigenvalue weighted by molar-refractivity contribution is 7.80. The number of carbonyl (C=O) groups excluding carboxylic acids is 1. The third-order valence-electron chi connectivity index (χ3n) is 1.08. The molecule has 0 aromatic heterocycles. The highest BCUT2D eigenvalue weighted by atomic mass is 32.2. The quantitative estimate of drug-likeness (QED) is 0.364. The molecule has 2 N–H and O–H groups in total. The fourth-order valence-corrected chi connectivity index (χ4v) is 0.533. The van der Waals surface area contributed by atoms with E-state index in [0.717, 1.165) is 26.2 Å². The minimum atomic E-state index is -2.43. The molecule has 0 aliphatic carbocycles. The molecular formula is C6H10O5S. The van der Waals surface area contributed by atoms with E-state index in [9.17, 15) is 9.00 Å². The van der Waals surface area contributed by atoms with Crippen LogP contribution in [0, 0.1) is 0 Å². The van der Waals surface area contributed by atoms with Crippen LogP contribution in [-0.2, 0) is 20.6 Å². The predicted molar refractivity (Wildman–Crippen MR) is 42.6 cm³/mol.